The lowest BCUT2D eigenvalue weighted by Crippen LogP contribution is -2.24. The van der Waals surface area contributed by atoms with Crippen molar-refractivity contribution in [3.8, 4) is 5.75 Å². The second kappa shape index (κ2) is 9.62. The first kappa shape index (κ1) is 22.2. The van der Waals surface area contributed by atoms with Gasteiger partial charge in [-0.15, -0.1) is 11.3 Å². The van der Waals surface area contributed by atoms with Crippen LogP contribution in [0.4, 0.5) is 5.69 Å². The summed E-state index contributed by atoms with van der Waals surface area (Å²) in [5.41, 5.74) is 1.50. The molecule has 3 aromatic heterocycles. The van der Waals surface area contributed by atoms with Gasteiger partial charge in [0.05, 0.1) is 30.6 Å². The average molecular weight is 470 g/mol. The average Bonchev–Trinajstić information content (AvgIpc) is 3.38. The third kappa shape index (κ3) is 4.73. The van der Waals surface area contributed by atoms with Gasteiger partial charge in [0, 0.05) is 10.6 Å². The van der Waals surface area contributed by atoms with Crippen molar-refractivity contribution in [2.45, 2.75) is 32.5 Å². The van der Waals surface area contributed by atoms with Gasteiger partial charge in [-0.05, 0) is 62.7 Å². The van der Waals surface area contributed by atoms with E-state index in [4.69, 9.17) is 14.1 Å². The van der Waals surface area contributed by atoms with E-state index in [2.05, 4.69) is 5.32 Å². The van der Waals surface area contributed by atoms with E-state index in [9.17, 15) is 9.59 Å². The van der Waals surface area contributed by atoms with E-state index >= 15 is 0 Å². The number of hydrogen-bond donors (Lipinski definition) is 1. The van der Waals surface area contributed by atoms with E-state index in [1.54, 1.807) is 29.0 Å². The van der Waals surface area contributed by atoms with E-state index in [1.807, 2.05) is 39.0 Å². The molecule has 1 aromatic carbocycles. The van der Waals surface area contributed by atoms with Crippen LogP contribution in [0.1, 0.15) is 23.1 Å². The quantitative estimate of drug-likeness (QED) is 0.293. The molecular weight excluding hydrogens is 446 g/mol. The van der Waals surface area contributed by atoms with Crippen molar-refractivity contribution in [3.05, 3.63) is 69.2 Å². The van der Waals surface area contributed by atoms with Crippen LogP contribution < -0.4 is 15.6 Å². The van der Waals surface area contributed by atoms with Crippen molar-refractivity contribution in [2.24, 2.45) is 0 Å². The summed E-state index contributed by atoms with van der Waals surface area (Å²) in [6.07, 6.45) is 1.57. The number of amides is 1. The molecule has 32 heavy (non-hydrogen) atoms. The number of nitrogens with one attached hydrogen (secondary N) is 1. The van der Waals surface area contributed by atoms with Gasteiger partial charge in [0.2, 0.25) is 5.91 Å². The zero-order valence-corrected chi connectivity index (χ0v) is 19.6. The molecule has 0 atom stereocenters. The predicted molar refractivity (Wildman–Crippen MR) is 128 cm³/mol. The number of nitrogens with zero attached hydrogens (tertiary/aromatic N) is 2. The smallest absolute Gasteiger partial charge is 0.263 e. The van der Waals surface area contributed by atoms with E-state index in [0.717, 1.165) is 16.2 Å². The molecule has 0 aliphatic heterocycles. The fourth-order valence-electron chi connectivity index (χ4n) is 3.25. The first-order valence-corrected chi connectivity index (χ1v) is 11.9. The molecule has 7 nitrogen and oxygen atoms in total. The fourth-order valence-corrected chi connectivity index (χ4v) is 5.11. The number of carbonyl (C=O) groups is 1. The van der Waals surface area contributed by atoms with Gasteiger partial charge in [0.25, 0.3) is 5.56 Å². The highest BCUT2D eigenvalue weighted by Crippen LogP contribution is 2.29. The monoisotopic (exact) mass is 469 g/mol. The summed E-state index contributed by atoms with van der Waals surface area (Å²) >= 11 is 2.72. The Hall–Kier alpha value is -3.04. The first-order valence-electron chi connectivity index (χ1n) is 10.1. The molecule has 0 aliphatic rings. The van der Waals surface area contributed by atoms with Crippen molar-refractivity contribution in [3.63, 3.8) is 0 Å². The molecule has 4 rings (SSSR count). The molecule has 0 aliphatic carbocycles. The summed E-state index contributed by atoms with van der Waals surface area (Å²) in [6, 6.07) is 10.8. The summed E-state index contributed by atoms with van der Waals surface area (Å²) < 4.78 is 12.4. The maximum absolute atomic E-state index is 13.3. The molecule has 0 fully saturated rings. The van der Waals surface area contributed by atoms with Gasteiger partial charge in [-0.2, -0.15) is 0 Å². The number of anilines is 1. The number of carbonyl (C=O) groups excluding carboxylic acids is 1. The van der Waals surface area contributed by atoms with Crippen LogP contribution in [0, 0.1) is 13.8 Å². The molecule has 1 amide bonds. The molecule has 9 heteroatoms. The number of fused-ring (bicyclic) bond motifs is 1. The van der Waals surface area contributed by atoms with Gasteiger partial charge < -0.3 is 14.5 Å². The van der Waals surface area contributed by atoms with Crippen LogP contribution in [0.2, 0.25) is 0 Å². The lowest BCUT2D eigenvalue weighted by molar-refractivity contribution is -0.113. The predicted octanol–water partition coefficient (Wildman–Crippen LogP) is 4.85. The largest absolute Gasteiger partial charge is 0.494 e. The normalized spacial score (nSPS) is 11.1. The topological polar surface area (TPSA) is 86.4 Å². The molecule has 0 bridgehead atoms. The number of ether oxygens (including phenoxy) is 1. The molecule has 0 unspecified atom stereocenters. The van der Waals surface area contributed by atoms with Crippen molar-refractivity contribution in [1.29, 1.82) is 0 Å². The number of benzene rings is 1. The van der Waals surface area contributed by atoms with Crippen LogP contribution >= 0.6 is 23.1 Å². The summed E-state index contributed by atoms with van der Waals surface area (Å²) in [6.45, 7) is 6.68. The van der Waals surface area contributed by atoms with E-state index in [0.29, 0.717) is 33.4 Å². The van der Waals surface area contributed by atoms with E-state index in [-0.39, 0.29) is 23.8 Å². The fraction of sp³-hybridized carbons (Fsp3) is 0.261. The summed E-state index contributed by atoms with van der Waals surface area (Å²) in [7, 11) is 0. The molecule has 0 saturated carbocycles. The Balaban J connectivity index is 1.56. The van der Waals surface area contributed by atoms with Crippen molar-refractivity contribution in [1.82, 2.24) is 9.55 Å². The standard InChI is InChI=1S/C23H23N3O4S2/c1-4-29-17-9-7-16(8-10-17)24-19(27)13-31-23-25-21-20(14(2)15(3)32-21)22(28)26(23)12-18-6-5-11-30-18/h5-11H,4,12-13H2,1-3H3,(H,24,27). The Kier molecular flexibility index (Phi) is 6.66. The van der Waals surface area contributed by atoms with Crippen LogP contribution in [0.25, 0.3) is 10.2 Å². The zero-order valence-electron chi connectivity index (χ0n) is 18.0. The van der Waals surface area contributed by atoms with Crippen LogP contribution in [-0.2, 0) is 11.3 Å². The van der Waals surface area contributed by atoms with Crippen LogP contribution in [0.15, 0.2) is 57.0 Å². The zero-order chi connectivity index (χ0) is 22.7. The van der Waals surface area contributed by atoms with Crippen LogP contribution in [0.5, 0.6) is 5.75 Å². The van der Waals surface area contributed by atoms with Crippen LogP contribution in [-0.4, -0.2) is 27.8 Å². The molecule has 0 spiro atoms. The van der Waals surface area contributed by atoms with Crippen LogP contribution in [0.3, 0.4) is 0 Å². The van der Waals surface area contributed by atoms with Crippen molar-refractivity contribution >= 4 is 44.9 Å². The molecule has 1 N–H and O–H groups in total. The Bertz CT molecular complexity index is 1290. The molecule has 0 saturated heterocycles. The Labute approximate surface area is 193 Å². The number of hydrogen-bond acceptors (Lipinski definition) is 7. The molecule has 0 radical (unpaired) electrons. The molecule has 166 valence electrons. The maximum atomic E-state index is 13.3. The maximum Gasteiger partial charge on any atom is 0.263 e. The first-order chi connectivity index (χ1) is 15.5. The SMILES string of the molecule is CCOc1ccc(NC(=O)CSc2nc3sc(C)c(C)c3c(=O)n2Cc2ccco2)cc1. The summed E-state index contributed by atoms with van der Waals surface area (Å²) in [4.78, 5) is 32.3. The number of aromatic nitrogens is 2. The lowest BCUT2D eigenvalue weighted by Gasteiger charge is -2.11. The lowest BCUT2D eigenvalue weighted by atomic mass is 10.2. The van der Waals surface area contributed by atoms with Gasteiger partial charge in [0.15, 0.2) is 5.16 Å². The highest BCUT2D eigenvalue weighted by atomic mass is 32.2. The number of aryl methyl sites for hydroxylation is 2. The summed E-state index contributed by atoms with van der Waals surface area (Å²) in [5, 5.41) is 3.98. The number of thiophene rings is 1. The third-order valence-electron chi connectivity index (χ3n) is 4.93. The second-order valence-electron chi connectivity index (χ2n) is 7.12. The number of furan rings is 1. The van der Waals surface area contributed by atoms with E-state index < -0.39 is 0 Å². The Morgan fingerprint density at radius 3 is 2.72 bits per heavy atom. The van der Waals surface area contributed by atoms with Gasteiger partial charge in [-0.1, -0.05) is 11.8 Å². The van der Waals surface area contributed by atoms with Gasteiger partial charge in [0.1, 0.15) is 16.3 Å². The molecule has 3 heterocycles. The molecule has 4 aromatic rings. The minimum Gasteiger partial charge on any atom is -0.494 e. The third-order valence-corrected chi connectivity index (χ3v) is 7.01. The Morgan fingerprint density at radius 1 is 1.25 bits per heavy atom. The Morgan fingerprint density at radius 2 is 2.03 bits per heavy atom. The minimum atomic E-state index is -0.184. The number of rotatable bonds is 8. The van der Waals surface area contributed by atoms with Crippen molar-refractivity contribution < 1.29 is 13.9 Å². The van der Waals surface area contributed by atoms with E-state index in [1.165, 1.54) is 23.1 Å². The van der Waals surface area contributed by atoms with Gasteiger partial charge in [-0.25, -0.2) is 4.98 Å². The van der Waals surface area contributed by atoms with Gasteiger partial charge in [-0.3, -0.25) is 14.2 Å². The summed E-state index contributed by atoms with van der Waals surface area (Å²) in [5.74, 6) is 1.34. The highest BCUT2D eigenvalue weighted by molar-refractivity contribution is 7.99. The minimum absolute atomic E-state index is 0.118. The van der Waals surface area contributed by atoms with Crippen molar-refractivity contribution in [2.75, 3.05) is 17.7 Å². The highest BCUT2D eigenvalue weighted by Gasteiger charge is 2.18. The second-order valence-corrected chi connectivity index (χ2v) is 9.27. The molecular formula is C23H23N3O4S2. The van der Waals surface area contributed by atoms with Gasteiger partial charge >= 0.3 is 0 Å². The number of thioether (sulfide) groups is 1.